The molecular weight excluding hydrogens is 186 g/mol. The van der Waals surface area contributed by atoms with E-state index in [0.717, 1.165) is 17.7 Å². The summed E-state index contributed by atoms with van der Waals surface area (Å²) in [4.78, 5) is 0. The van der Waals surface area contributed by atoms with Crippen LogP contribution < -0.4 is 5.73 Å². The quantitative estimate of drug-likeness (QED) is 0.813. The normalized spacial score (nSPS) is 15.5. The van der Waals surface area contributed by atoms with Gasteiger partial charge in [0.15, 0.2) is 0 Å². The highest BCUT2D eigenvalue weighted by Crippen LogP contribution is 2.17. The van der Waals surface area contributed by atoms with Crippen molar-refractivity contribution in [2.75, 3.05) is 0 Å². The molecule has 0 saturated carbocycles. The molecule has 1 aliphatic carbocycles. The standard InChI is InChI=1S/C13H14NO/c14-12-8-4-5-9-13(12)15-10-11-6-2-1-3-7-11/h1-4,6-9H,5,10,14H2. The van der Waals surface area contributed by atoms with Crippen LogP contribution in [0.4, 0.5) is 0 Å². The fourth-order valence-electron chi connectivity index (χ4n) is 1.45. The Morgan fingerprint density at radius 3 is 2.73 bits per heavy atom. The van der Waals surface area contributed by atoms with Crippen LogP contribution in [-0.4, -0.2) is 0 Å². The van der Waals surface area contributed by atoms with Gasteiger partial charge in [-0.2, -0.15) is 0 Å². The Morgan fingerprint density at radius 1 is 1.20 bits per heavy atom. The molecule has 0 aromatic heterocycles. The van der Waals surface area contributed by atoms with Crippen molar-refractivity contribution in [3.63, 3.8) is 0 Å². The van der Waals surface area contributed by atoms with Crippen molar-refractivity contribution in [3.8, 4) is 0 Å². The van der Waals surface area contributed by atoms with Crippen LogP contribution >= 0.6 is 0 Å². The van der Waals surface area contributed by atoms with Crippen molar-refractivity contribution in [3.05, 3.63) is 65.9 Å². The predicted octanol–water partition coefficient (Wildman–Crippen LogP) is 2.54. The van der Waals surface area contributed by atoms with Gasteiger partial charge in [-0.1, -0.05) is 36.4 Å². The Kier molecular flexibility index (Phi) is 3.08. The second-order valence-electron chi connectivity index (χ2n) is 3.44. The smallest absolute Gasteiger partial charge is 0.123 e. The van der Waals surface area contributed by atoms with Crippen molar-refractivity contribution in [2.45, 2.75) is 13.0 Å². The zero-order valence-electron chi connectivity index (χ0n) is 8.52. The largest absolute Gasteiger partial charge is 0.491 e. The molecule has 0 bridgehead atoms. The minimum Gasteiger partial charge on any atom is -0.491 e. The Labute approximate surface area is 90.1 Å². The summed E-state index contributed by atoms with van der Waals surface area (Å²) in [5.74, 6) is 0.793. The number of hydrogen-bond donors (Lipinski definition) is 1. The molecule has 2 heteroatoms. The molecule has 2 rings (SSSR count). The third-order valence-electron chi connectivity index (χ3n) is 2.26. The van der Waals surface area contributed by atoms with Crippen molar-refractivity contribution < 1.29 is 4.74 Å². The summed E-state index contributed by atoms with van der Waals surface area (Å²) in [6.45, 7) is 0.571. The van der Waals surface area contributed by atoms with Crippen LogP contribution in [0.2, 0.25) is 0 Å². The molecular formula is C13H14NO. The van der Waals surface area contributed by atoms with E-state index in [2.05, 4.69) is 0 Å². The SMILES string of the molecule is NC1=C(OCc2ccccc2)[CH]CC=C1. The van der Waals surface area contributed by atoms with E-state index in [1.807, 2.05) is 48.9 Å². The van der Waals surface area contributed by atoms with E-state index in [1.165, 1.54) is 0 Å². The fourth-order valence-corrected chi connectivity index (χ4v) is 1.45. The van der Waals surface area contributed by atoms with Gasteiger partial charge >= 0.3 is 0 Å². The van der Waals surface area contributed by atoms with Crippen LogP contribution in [0.3, 0.4) is 0 Å². The zero-order valence-corrected chi connectivity index (χ0v) is 8.52. The third-order valence-corrected chi connectivity index (χ3v) is 2.26. The first kappa shape index (κ1) is 9.84. The lowest BCUT2D eigenvalue weighted by Gasteiger charge is -2.14. The molecule has 0 amide bonds. The first-order valence-corrected chi connectivity index (χ1v) is 5.02. The summed E-state index contributed by atoms with van der Waals surface area (Å²) in [6.07, 6.45) is 6.80. The lowest BCUT2D eigenvalue weighted by Crippen LogP contribution is -2.07. The first-order valence-electron chi connectivity index (χ1n) is 5.02. The molecule has 1 aliphatic rings. The summed E-state index contributed by atoms with van der Waals surface area (Å²) >= 11 is 0. The van der Waals surface area contributed by atoms with Gasteiger partial charge in [0.2, 0.25) is 0 Å². The van der Waals surface area contributed by atoms with E-state index in [-0.39, 0.29) is 0 Å². The molecule has 1 aromatic carbocycles. The lowest BCUT2D eigenvalue weighted by atomic mass is 10.1. The van der Waals surface area contributed by atoms with Crippen LogP contribution in [0.5, 0.6) is 0 Å². The number of ether oxygens (including phenoxy) is 1. The average Bonchev–Trinajstić information content (AvgIpc) is 2.29. The van der Waals surface area contributed by atoms with Gasteiger partial charge in [-0.3, -0.25) is 0 Å². The molecule has 1 aromatic rings. The second kappa shape index (κ2) is 4.69. The summed E-state index contributed by atoms with van der Waals surface area (Å²) in [5.41, 5.74) is 7.64. The maximum Gasteiger partial charge on any atom is 0.123 e. The Balaban J connectivity index is 1.96. The highest BCUT2D eigenvalue weighted by Gasteiger charge is 2.06. The van der Waals surface area contributed by atoms with Gasteiger partial charge in [0.1, 0.15) is 12.4 Å². The Bertz CT molecular complexity index is 379. The molecule has 0 aliphatic heterocycles. The van der Waals surface area contributed by atoms with Crippen molar-refractivity contribution in [1.29, 1.82) is 0 Å². The van der Waals surface area contributed by atoms with Crippen LogP contribution in [0.15, 0.2) is 53.9 Å². The molecule has 2 N–H and O–H groups in total. The second-order valence-corrected chi connectivity index (χ2v) is 3.44. The molecule has 0 heterocycles. The molecule has 0 spiro atoms. The van der Waals surface area contributed by atoms with Crippen LogP contribution in [-0.2, 0) is 11.3 Å². The summed E-state index contributed by atoms with van der Waals surface area (Å²) < 4.78 is 5.63. The number of benzene rings is 1. The van der Waals surface area contributed by atoms with Gasteiger partial charge in [0, 0.05) is 6.42 Å². The van der Waals surface area contributed by atoms with E-state index >= 15 is 0 Å². The van der Waals surface area contributed by atoms with Crippen LogP contribution in [0, 0.1) is 6.42 Å². The molecule has 15 heavy (non-hydrogen) atoms. The van der Waals surface area contributed by atoms with E-state index in [0.29, 0.717) is 12.3 Å². The minimum absolute atomic E-state index is 0.571. The Morgan fingerprint density at radius 2 is 2.00 bits per heavy atom. The Hall–Kier alpha value is -1.70. The highest BCUT2D eigenvalue weighted by atomic mass is 16.5. The molecule has 0 unspecified atom stereocenters. The highest BCUT2D eigenvalue weighted by molar-refractivity contribution is 5.29. The van der Waals surface area contributed by atoms with Gasteiger partial charge in [-0.25, -0.2) is 0 Å². The van der Waals surface area contributed by atoms with Gasteiger partial charge in [0.05, 0.1) is 5.70 Å². The monoisotopic (exact) mass is 200 g/mol. The molecule has 0 fully saturated rings. The minimum atomic E-state index is 0.571. The molecule has 0 atom stereocenters. The zero-order chi connectivity index (χ0) is 10.5. The summed E-state index contributed by atoms with van der Waals surface area (Å²) in [5, 5.41) is 0. The van der Waals surface area contributed by atoms with Crippen LogP contribution in [0.25, 0.3) is 0 Å². The number of rotatable bonds is 3. The van der Waals surface area contributed by atoms with Gasteiger partial charge in [-0.05, 0) is 18.1 Å². The molecule has 0 saturated heterocycles. The fraction of sp³-hybridized carbons (Fsp3) is 0.154. The van der Waals surface area contributed by atoms with E-state index in [9.17, 15) is 0 Å². The molecule has 77 valence electrons. The topological polar surface area (TPSA) is 35.2 Å². The van der Waals surface area contributed by atoms with E-state index < -0.39 is 0 Å². The first-order chi connectivity index (χ1) is 7.36. The predicted molar refractivity (Wildman–Crippen MR) is 60.5 cm³/mol. The number of hydrogen-bond acceptors (Lipinski definition) is 2. The molecule has 2 nitrogen and oxygen atoms in total. The van der Waals surface area contributed by atoms with Gasteiger partial charge < -0.3 is 10.5 Å². The van der Waals surface area contributed by atoms with Gasteiger partial charge in [0.25, 0.3) is 0 Å². The van der Waals surface area contributed by atoms with E-state index in [4.69, 9.17) is 10.5 Å². The van der Waals surface area contributed by atoms with E-state index in [1.54, 1.807) is 0 Å². The van der Waals surface area contributed by atoms with Gasteiger partial charge in [-0.15, -0.1) is 0 Å². The summed E-state index contributed by atoms with van der Waals surface area (Å²) in [6, 6.07) is 10.1. The molecule has 1 radical (unpaired) electrons. The third kappa shape index (κ3) is 2.62. The maximum atomic E-state index is 5.78. The number of allylic oxidation sites excluding steroid dienone is 3. The number of nitrogens with two attached hydrogens (primary N) is 1. The van der Waals surface area contributed by atoms with Crippen molar-refractivity contribution >= 4 is 0 Å². The van der Waals surface area contributed by atoms with Crippen LogP contribution in [0.1, 0.15) is 12.0 Å². The average molecular weight is 200 g/mol. The maximum absolute atomic E-state index is 5.78. The van der Waals surface area contributed by atoms with Crippen molar-refractivity contribution in [2.24, 2.45) is 5.73 Å². The lowest BCUT2D eigenvalue weighted by molar-refractivity contribution is 0.201. The van der Waals surface area contributed by atoms with Crippen molar-refractivity contribution in [1.82, 2.24) is 0 Å². The summed E-state index contributed by atoms with van der Waals surface area (Å²) in [7, 11) is 0.